The highest BCUT2D eigenvalue weighted by Crippen LogP contribution is 2.63. The lowest BCUT2D eigenvalue weighted by atomic mass is 9.71. The van der Waals surface area contributed by atoms with E-state index < -0.39 is 88.3 Å². The van der Waals surface area contributed by atoms with Gasteiger partial charge in [0.1, 0.15) is 62.1 Å². The van der Waals surface area contributed by atoms with E-state index in [0.29, 0.717) is 57.3 Å². The molecule has 1 aliphatic heterocycles. The Morgan fingerprint density at radius 3 is 1.03 bits per heavy atom. The van der Waals surface area contributed by atoms with Crippen molar-refractivity contribution in [2.75, 3.05) is 85.3 Å². The van der Waals surface area contributed by atoms with Crippen LogP contribution in [0.5, 0.6) is 63.2 Å². The van der Waals surface area contributed by atoms with E-state index >= 15 is 0 Å². The van der Waals surface area contributed by atoms with E-state index in [4.69, 9.17) is 77.4 Å². The molecule has 4 aromatic carbocycles. The van der Waals surface area contributed by atoms with E-state index in [9.17, 15) is 67.7 Å². The molecule has 4 aromatic rings. The molecule has 17 rings (SSSR count). The van der Waals surface area contributed by atoms with Crippen LogP contribution in [0.15, 0.2) is 102 Å². The number of rotatable bonds is 17. The number of ether oxygens (including phenoxy) is 12. The monoisotopic (exact) mass is 1590 g/mol. The highest BCUT2D eigenvalue weighted by molar-refractivity contribution is 6.27. The van der Waals surface area contributed by atoms with Crippen molar-refractivity contribution in [3.8, 4) is 63.2 Å². The minimum atomic E-state index is -1.52. The quantitative estimate of drug-likeness (QED) is 0.0188. The molecule has 6 N–H and O–H groups in total. The van der Waals surface area contributed by atoms with Crippen LogP contribution in [-0.4, -0.2) is 192 Å². The first-order chi connectivity index (χ1) is 55.0. The highest BCUT2D eigenvalue weighted by atomic mass is 16.7. The molecule has 32 heteroatoms. The van der Waals surface area contributed by atoms with Crippen LogP contribution >= 0.6 is 0 Å². The summed E-state index contributed by atoms with van der Waals surface area (Å²) in [6.07, 6.45) is 24.8. The third-order valence-electron chi connectivity index (χ3n) is 23.2. The Bertz CT molecular complexity index is 5050. The van der Waals surface area contributed by atoms with Gasteiger partial charge in [-0.1, -0.05) is 60.8 Å². The first-order valence-electron chi connectivity index (χ1n) is 36.4. The number of hydrogen-bond acceptors (Lipinski definition) is 28. The van der Waals surface area contributed by atoms with Crippen molar-refractivity contribution in [1.82, 2.24) is 5.06 Å². The Morgan fingerprint density at radius 2 is 0.687 bits per heavy atom. The number of phenolic OH excluding ortho intramolecular Hbond substituents is 1. The number of aliphatic hydroxyl groups is 1. The number of hydrogen-bond donors (Lipinski definition) is 6. The predicted molar refractivity (Wildman–Crippen MR) is 396 cm³/mol. The van der Waals surface area contributed by atoms with Gasteiger partial charge in [-0.05, 0) is 74.0 Å². The zero-order valence-corrected chi connectivity index (χ0v) is 64.4. The summed E-state index contributed by atoms with van der Waals surface area (Å²) in [5, 5.41) is 54.6. The average Bonchev–Trinajstić information content (AvgIpc) is 1.62. The molecule has 1 heterocycles. The number of aliphatic hydroxyl groups excluding tert-OH is 1. The Hall–Kier alpha value is -12.9. The maximum Gasteiger partial charge on any atom is 0.371 e. The summed E-state index contributed by atoms with van der Waals surface area (Å²) in [5.74, 6) is -7.49. The number of amides is 2. The van der Waals surface area contributed by atoms with Crippen molar-refractivity contribution in [2.45, 2.75) is 80.5 Å². The molecule has 14 atom stereocenters. The number of hydroxylamine groups is 2. The lowest BCUT2D eigenvalue weighted by Gasteiger charge is -2.31. The van der Waals surface area contributed by atoms with Crippen LogP contribution < -0.4 is 42.6 Å². The van der Waals surface area contributed by atoms with Gasteiger partial charge in [-0.2, -0.15) is 0 Å². The smallest absolute Gasteiger partial charge is 0.371 e. The van der Waals surface area contributed by atoms with E-state index in [1.165, 1.54) is 77.2 Å². The predicted octanol–water partition coefficient (Wildman–Crippen LogP) is 9.18. The van der Waals surface area contributed by atoms with Crippen molar-refractivity contribution in [3.05, 3.63) is 157 Å². The minimum Gasteiger partial charge on any atom is -0.508 e. The minimum absolute atomic E-state index is 0.00375. The van der Waals surface area contributed by atoms with Crippen LogP contribution in [0.3, 0.4) is 0 Å². The number of nitrogens with zero attached hydrogens (tertiary/aromatic N) is 1. The largest absolute Gasteiger partial charge is 0.508 e. The molecule has 3 fully saturated rings. The molecule has 2 amide bonds. The normalized spacial score (nSPS) is 25.4. The van der Waals surface area contributed by atoms with E-state index in [0.717, 1.165) is 71.2 Å². The number of esters is 2. The van der Waals surface area contributed by atoms with Crippen molar-refractivity contribution in [3.63, 3.8) is 0 Å². The molecular weight excluding hydrogens is 1510 g/mol. The topological polar surface area (TPSA) is 449 Å². The van der Waals surface area contributed by atoms with E-state index in [-0.39, 0.29) is 141 Å². The number of aliphatic carboxylic acids is 1. The molecule has 14 unspecified atom stereocenters. The summed E-state index contributed by atoms with van der Waals surface area (Å²) < 4.78 is 63.7. The number of carboxylic acid groups (broad SMARTS) is 3. The number of imide groups is 1. The number of carboxylic acids is 3. The first-order valence-corrected chi connectivity index (χ1v) is 36.4. The van der Waals surface area contributed by atoms with Gasteiger partial charge in [0.05, 0.1) is 85.3 Å². The maximum absolute atomic E-state index is 12.9. The number of carbonyl (C=O) groups is 12. The first kappa shape index (κ1) is 81.6. The number of allylic oxidation sites excluding steroid dienone is 12. The van der Waals surface area contributed by atoms with Crippen LogP contribution in [0, 0.1) is 47.3 Å². The summed E-state index contributed by atoms with van der Waals surface area (Å²) in [6.45, 7) is 0. The molecule has 115 heavy (non-hydrogen) atoms. The molecule has 10 bridgehead atoms. The standard InChI is InChI=1S/C19H19NO7.C16H18O5.C15H16O5.C14H14O5.C12H10O5.C7H6O4/c1-24-16-13-9-4-5-10(8-9)14(13)17(25-2)18(26-3)15(16)19(23)27-20-11(21)6-7-12(20)22;1-18-13-10-8-5-6-9(7-8)11(10)14(19-2)15(20-3)12(13)16(17)21-4;1-18-12-9-7-4-5-8(6-7)10(9)13(19-2)14(20-3)11(12)15(16)17;1-18-13-10(14(17)19-2)11(15)8-6-3-4-7(5-6)9(8)12(13)16;13-9-6-4-1-2-5(3-4)7(6)10(14)11(15)8(9)12(16)17;8-4-1-2-6(9)5(3-4)7(10)11/h4-5,9-10H,6-8H2,1-3H3;5-6,8-9H,7H2,1-4H3;4-5,7-8H,6H2,1-3H3,(H,16,17);3-4,6-9H,5H2,1-2H3;1-2,4-7,15H,3H2,(H,16,17);1-3,8-9H,(H,10,11). The molecule has 13 aliphatic rings. The summed E-state index contributed by atoms with van der Waals surface area (Å²) in [5.41, 5.74) is 4.86. The number of aromatic hydroxyl groups is 2. The Labute approximate surface area is 656 Å². The lowest BCUT2D eigenvalue weighted by Crippen LogP contribution is -2.42. The Kier molecular flexibility index (Phi) is 23.2. The van der Waals surface area contributed by atoms with Gasteiger partial charge in [0.25, 0.3) is 11.8 Å². The SMILES string of the molecule is COC(=O)C1=C(OC)C(=O)C2C3C=CC(C3)C2C1=O.COC(=O)c1c(OC)c(OC)c2c(c1OC)C1C=CC2C1.COc1c(OC)c2c(c(OC)c1C(=O)O)C1C=CC2C1.COc1c(OC)c2c(c(OC)c1C(=O)ON1C(=O)CCC1=O)C1C=CC2C1.O=C(O)C1=C(O)C(=O)C2C3C=CC(C3)C2C1=O.O=C(O)c1cc(O)ccc1O. The van der Waals surface area contributed by atoms with E-state index in [2.05, 4.69) is 41.2 Å². The Morgan fingerprint density at radius 1 is 0.348 bits per heavy atom. The molecule has 32 nitrogen and oxygen atoms in total. The van der Waals surface area contributed by atoms with Gasteiger partial charge >= 0.3 is 35.8 Å². The fourth-order valence-electron chi connectivity index (χ4n) is 18.6. The molecule has 0 radical (unpaired) electrons. The molecule has 606 valence electrons. The summed E-state index contributed by atoms with van der Waals surface area (Å²) in [7, 11) is 17.3. The van der Waals surface area contributed by atoms with Crippen LogP contribution in [0.2, 0.25) is 0 Å². The van der Waals surface area contributed by atoms with Crippen LogP contribution in [0.25, 0.3) is 0 Å². The summed E-state index contributed by atoms with van der Waals surface area (Å²) in [4.78, 5) is 147. The zero-order chi connectivity index (χ0) is 83.4. The molecule has 0 spiro atoms. The number of benzene rings is 4. The van der Waals surface area contributed by atoms with Gasteiger partial charge in [0.2, 0.25) is 11.6 Å². The van der Waals surface area contributed by atoms with Crippen LogP contribution in [0.1, 0.15) is 155 Å². The second-order valence-electron chi connectivity index (χ2n) is 28.6. The molecular formula is C83H83NO31. The van der Waals surface area contributed by atoms with E-state index in [1.54, 1.807) is 14.2 Å². The average molecular weight is 1590 g/mol. The van der Waals surface area contributed by atoms with Gasteiger partial charge in [0.15, 0.2) is 57.6 Å². The number of fused-ring (bicyclic) bond motifs is 25. The second kappa shape index (κ2) is 32.7. The van der Waals surface area contributed by atoms with Crippen molar-refractivity contribution in [1.29, 1.82) is 0 Å². The number of Topliss-reactive ketones (excluding diaryl/α,β-unsaturated/α-hetero) is 4. The van der Waals surface area contributed by atoms with Crippen molar-refractivity contribution >= 4 is 70.8 Å². The molecule has 0 aromatic heterocycles. The maximum atomic E-state index is 12.9. The number of ketones is 4. The molecule has 12 aliphatic carbocycles. The zero-order valence-electron chi connectivity index (χ0n) is 64.4. The molecule has 2 saturated carbocycles. The number of carbonyl (C=O) groups excluding carboxylic acids is 9. The summed E-state index contributed by atoms with van der Waals surface area (Å²) in [6, 6.07) is 3.32. The lowest BCUT2D eigenvalue weighted by molar-refractivity contribution is -0.172. The van der Waals surface area contributed by atoms with Crippen molar-refractivity contribution < 1.29 is 150 Å². The van der Waals surface area contributed by atoms with Crippen molar-refractivity contribution in [2.24, 2.45) is 47.3 Å². The van der Waals surface area contributed by atoms with Crippen LogP contribution in [-0.2, 0) is 57.4 Å². The number of phenols is 2. The van der Waals surface area contributed by atoms with Gasteiger partial charge in [-0.15, -0.1) is 5.06 Å². The summed E-state index contributed by atoms with van der Waals surface area (Å²) >= 11 is 0. The van der Waals surface area contributed by atoms with Gasteiger partial charge in [-0.3, -0.25) is 28.8 Å². The van der Waals surface area contributed by atoms with Crippen LogP contribution in [0.4, 0.5) is 0 Å². The third kappa shape index (κ3) is 13.6. The van der Waals surface area contributed by atoms with Gasteiger partial charge < -0.3 is 92.3 Å². The van der Waals surface area contributed by atoms with E-state index in [1.807, 2.05) is 24.3 Å². The van der Waals surface area contributed by atoms with Gasteiger partial charge in [0, 0.05) is 105 Å². The number of methoxy groups -OCH3 is 12. The Balaban J connectivity index is 0.000000129. The second-order valence-corrected chi connectivity index (χ2v) is 28.6. The fraction of sp³-hybridized carbons (Fsp3) is 0.398. The number of aromatic carboxylic acids is 2. The third-order valence-corrected chi connectivity index (χ3v) is 23.2. The highest BCUT2D eigenvalue weighted by Gasteiger charge is 2.59. The van der Waals surface area contributed by atoms with Gasteiger partial charge in [-0.25, -0.2) is 28.8 Å². The molecule has 1 saturated heterocycles. The fourth-order valence-corrected chi connectivity index (χ4v) is 18.6.